The molecule has 198 valence electrons. The maximum atomic E-state index is 14.1. The molecule has 0 bridgehead atoms. The molecule has 2 aromatic carbocycles. The van der Waals surface area contributed by atoms with Gasteiger partial charge in [0, 0.05) is 36.2 Å². The fourth-order valence-corrected chi connectivity index (χ4v) is 5.41. The van der Waals surface area contributed by atoms with Crippen LogP contribution in [0.25, 0.3) is 0 Å². The minimum atomic E-state index is -0.790. The highest BCUT2D eigenvalue weighted by Crippen LogP contribution is 2.36. The summed E-state index contributed by atoms with van der Waals surface area (Å²) in [5.41, 5.74) is 1.46. The highest BCUT2D eigenvalue weighted by atomic mass is 35.5. The number of aryl methyl sites for hydroxylation is 1. The highest BCUT2D eigenvalue weighted by Gasteiger charge is 2.38. The summed E-state index contributed by atoms with van der Waals surface area (Å²) in [6.45, 7) is 8.12. The van der Waals surface area contributed by atoms with E-state index in [-0.39, 0.29) is 36.1 Å². The van der Waals surface area contributed by atoms with Gasteiger partial charge in [0.25, 0.3) is 5.91 Å². The van der Waals surface area contributed by atoms with Gasteiger partial charge < -0.3 is 15.0 Å². The number of ether oxygens (including phenoxy) is 1. The van der Waals surface area contributed by atoms with Crippen LogP contribution in [-0.2, 0) is 9.59 Å². The first-order valence-electron chi connectivity index (χ1n) is 12.2. The smallest absolute Gasteiger partial charge is 0.251 e. The molecule has 37 heavy (non-hydrogen) atoms. The molecule has 3 aromatic rings. The lowest BCUT2D eigenvalue weighted by molar-refractivity contribution is -0.135. The van der Waals surface area contributed by atoms with Gasteiger partial charge in [0.15, 0.2) is 0 Å². The Kier molecular flexibility index (Phi) is 10.4. The van der Waals surface area contributed by atoms with E-state index in [0.717, 1.165) is 22.7 Å². The quantitative estimate of drug-likeness (QED) is 0.340. The van der Waals surface area contributed by atoms with Crippen LogP contribution >= 0.6 is 35.3 Å². The Bertz CT molecular complexity index is 1170. The molecule has 2 atom stereocenters. The number of rotatable bonds is 8. The summed E-state index contributed by atoms with van der Waals surface area (Å²) >= 11 is 7.57. The number of benzene rings is 2. The van der Waals surface area contributed by atoms with E-state index < -0.39 is 6.04 Å². The number of anilines is 1. The Morgan fingerprint density at radius 3 is 2.51 bits per heavy atom. The molecule has 1 aliphatic heterocycles. The van der Waals surface area contributed by atoms with Crippen LogP contribution in [0, 0.1) is 12.8 Å². The molecule has 2 amide bonds. The summed E-state index contributed by atoms with van der Waals surface area (Å²) < 4.78 is 5.98. The van der Waals surface area contributed by atoms with Crippen LogP contribution in [0.4, 0.5) is 5.69 Å². The molecule has 0 saturated carbocycles. The molecule has 9 heteroatoms. The predicted molar refractivity (Wildman–Crippen MR) is 153 cm³/mol. The van der Waals surface area contributed by atoms with Gasteiger partial charge >= 0.3 is 0 Å². The summed E-state index contributed by atoms with van der Waals surface area (Å²) in [6.07, 6.45) is 0. The Morgan fingerprint density at radius 2 is 1.89 bits per heavy atom. The summed E-state index contributed by atoms with van der Waals surface area (Å²) in [7, 11) is 0. The first-order valence-corrected chi connectivity index (χ1v) is 13.6. The van der Waals surface area contributed by atoms with Crippen molar-refractivity contribution in [2.24, 2.45) is 5.92 Å². The van der Waals surface area contributed by atoms with Crippen LogP contribution in [0.1, 0.15) is 30.3 Å². The molecule has 1 aromatic heterocycles. The van der Waals surface area contributed by atoms with Crippen molar-refractivity contribution in [1.82, 2.24) is 10.2 Å². The van der Waals surface area contributed by atoms with Gasteiger partial charge in [0.2, 0.25) is 5.91 Å². The number of carbonyl (C=O) groups is 2. The maximum Gasteiger partial charge on any atom is 0.251 e. The van der Waals surface area contributed by atoms with Gasteiger partial charge in [-0.3, -0.25) is 14.5 Å². The zero-order valence-corrected chi connectivity index (χ0v) is 23.6. The van der Waals surface area contributed by atoms with Crippen molar-refractivity contribution in [3.05, 3.63) is 76.5 Å². The van der Waals surface area contributed by atoms with Crippen LogP contribution in [0.5, 0.6) is 11.5 Å². The third-order valence-corrected chi connectivity index (χ3v) is 7.57. The number of para-hydroxylation sites is 1. The number of carbonyl (C=O) groups excluding carboxylic acids is 2. The maximum absolute atomic E-state index is 14.1. The summed E-state index contributed by atoms with van der Waals surface area (Å²) in [6, 6.07) is 18.3. The van der Waals surface area contributed by atoms with E-state index in [0.29, 0.717) is 30.4 Å². The molecule has 1 aliphatic rings. The molecule has 2 heterocycles. The van der Waals surface area contributed by atoms with Crippen LogP contribution in [-0.4, -0.2) is 48.3 Å². The third-order valence-electron chi connectivity index (χ3n) is 6.42. The molecule has 6 nitrogen and oxygen atoms in total. The van der Waals surface area contributed by atoms with Crippen molar-refractivity contribution in [3.63, 3.8) is 0 Å². The second kappa shape index (κ2) is 13.3. The molecule has 1 unspecified atom stereocenters. The van der Waals surface area contributed by atoms with Gasteiger partial charge in [-0.2, -0.15) is 0 Å². The fraction of sp³-hybridized carbons (Fsp3) is 0.357. The van der Waals surface area contributed by atoms with E-state index in [4.69, 9.17) is 16.3 Å². The molecular formula is C28H33Cl2N3O3S. The topological polar surface area (TPSA) is 61.9 Å². The second-order valence-electron chi connectivity index (χ2n) is 9.27. The van der Waals surface area contributed by atoms with Gasteiger partial charge in [-0.05, 0) is 60.2 Å². The van der Waals surface area contributed by atoms with Crippen molar-refractivity contribution in [3.8, 4) is 11.5 Å². The Labute approximate surface area is 234 Å². The van der Waals surface area contributed by atoms with Crippen molar-refractivity contribution in [2.45, 2.75) is 32.9 Å². The molecule has 4 rings (SSSR count). The normalized spacial score (nSPS) is 16.1. The average Bonchev–Trinajstić information content (AvgIpc) is 3.42. The predicted octanol–water partition coefficient (Wildman–Crippen LogP) is 6.04. The number of halogens is 2. The first kappa shape index (κ1) is 29.0. The van der Waals surface area contributed by atoms with E-state index in [1.165, 1.54) is 11.3 Å². The number of piperazine rings is 1. The molecule has 1 fully saturated rings. The number of alkyl halides is 1. The van der Waals surface area contributed by atoms with Crippen LogP contribution in [0.15, 0.2) is 66.0 Å². The summed E-state index contributed by atoms with van der Waals surface area (Å²) in [5, 5.41) is 5.43. The lowest BCUT2D eigenvalue weighted by atomic mass is 10.0. The number of amides is 2. The van der Waals surface area contributed by atoms with Crippen LogP contribution in [0.3, 0.4) is 0 Å². The number of hydrogen-bond donors (Lipinski definition) is 1. The number of nitrogens with zero attached hydrogens (tertiary/aromatic N) is 2. The SMILES string of the molecule is Cc1cc(Oc2ccccc2)ccc1N(C(=O)CCl)C(C(=O)N1CCN[C@@H](C(C)C)C1)c1cccs1.Cl. The van der Waals surface area contributed by atoms with Gasteiger partial charge in [0.05, 0.1) is 0 Å². The Hall–Kier alpha value is -2.58. The van der Waals surface area contributed by atoms with Crippen LogP contribution in [0.2, 0.25) is 0 Å². The Balaban J connectivity index is 0.00000380. The van der Waals surface area contributed by atoms with Gasteiger partial charge in [0.1, 0.15) is 23.4 Å². The fourth-order valence-electron chi connectivity index (χ4n) is 4.47. The van der Waals surface area contributed by atoms with E-state index in [1.807, 2.05) is 77.9 Å². The molecule has 1 N–H and O–H groups in total. The first-order chi connectivity index (χ1) is 17.4. The minimum Gasteiger partial charge on any atom is -0.457 e. The van der Waals surface area contributed by atoms with Crippen LogP contribution < -0.4 is 15.0 Å². The second-order valence-corrected chi connectivity index (χ2v) is 10.5. The summed E-state index contributed by atoms with van der Waals surface area (Å²) in [4.78, 5) is 31.6. The van der Waals surface area contributed by atoms with Gasteiger partial charge in [-0.15, -0.1) is 35.3 Å². The van der Waals surface area contributed by atoms with E-state index in [9.17, 15) is 9.59 Å². The monoisotopic (exact) mass is 561 g/mol. The lowest BCUT2D eigenvalue weighted by Crippen LogP contribution is -2.57. The van der Waals surface area contributed by atoms with E-state index in [2.05, 4.69) is 19.2 Å². The van der Waals surface area contributed by atoms with Crippen molar-refractivity contribution >= 4 is 52.8 Å². The van der Waals surface area contributed by atoms with Gasteiger partial charge in [-0.25, -0.2) is 0 Å². The van der Waals surface area contributed by atoms with E-state index >= 15 is 0 Å². The number of nitrogens with one attached hydrogen (secondary N) is 1. The van der Waals surface area contributed by atoms with Crippen molar-refractivity contribution in [2.75, 3.05) is 30.4 Å². The Morgan fingerprint density at radius 1 is 1.14 bits per heavy atom. The molecule has 0 spiro atoms. The average molecular weight is 563 g/mol. The molecule has 1 saturated heterocycles. The zero-order valence-electron chi connectivity index (χ0n) is 21.2. The molecular weight excluding hydrogens is 529 g/mol. The minimum absolute atomic E-state index is 0. The van der Waals surface area contributed by atoms with Crippen molar-refractivity contribution in [1.29, 1.82) is 0 Å². The number of thiophene rings is 1. The van der Waals surface area contributed by atoms with E-state index in [1.54, 1.807) is 4.90 Å². The van der Waals surface area contributed by atoms with Crippen molar-refractivity contribution < 1.29 is 14.3 Å². The highest BCUT2D eigenvalue weighted by molar-refractivity contribution is 7.10. The van der Waals surface area contributed by atoms with Gasteiger partial charge in [-0.1, -0.05) is 38.1 Å². The molecule has 0 aliphatic carbocycles. The lowest BCUT2D eigenvalue weighted by Gasteiger charge is -2.40. The standard InChI is InChI=1S/C28H32ClN3O3S.ClH/c1-19(2)23-18-31(14-13-30-23)28(34)27(25-10-7-15-36-25)32(26(33)17-29)24-12-11-22(16-20(24)3)35-21-8-5-4-6-9-21;/h4-12,15-16,19,23,27,30H,13-14,17-18H2,1-3H3;1H/t23-,27?;/m1./s1. The summed E-state index contributed by atoms with van der Waals surface area (Å²) in [5.74, 6) is 1.13. The third kappa shape index (κ3) is 6.85. The zero-order chi connectivity index (χ0) is 25.7. The largest absolute Gasteiger partial charge is 0.457 e. The molecule has 0 radical (unpaired) electrons. The number of hydrogen-bond acceptors (Lipinski definition) is 5.